The fourth-order valence-corrected chi connectivity index (χ4v) is 4.39. The van der Waals surface area contributed by atoms with E-state index in [4.69, 9.17) is 0 Å². The van der Waals surface area contributed by atoms with Crippen molar-refractivity contribution in [1.82, 2.24) is 10.3 Å². The molecule has 0 atom stereocenters. The maximum absolute atomic E-state index is 12.0. The normalized spacial score (nSPS) is 15.1. The van der Waals surface area contributed by atoms with E-state index in [0.29, 0.717) is 5.75 Å². The summed E-state index contributed by atoms with van der Waals surface area (Å²) in [5.41, 5.74) is 6.78. The van der Waals surface area contributed by atoms with Crippen LogP contribution in [0, 0.1) is 0 Å². The van der Waals surface area contributed by atoms with Crippen molar-refractivity contribution >= 4 is 27.5 Å². The van der Waals surface area contributed by atoms with Gasteiger partial charge in [-0.15, -0.1) is 0 Å². The maximum Gasteiger partial charge on any atom is 0.155 e. The lowest BCUT2D eigenvalue weighted by atomic mass is 10.0. The minimum absolute atomic E-state index is 0.314. The minimum atomic E-state index is -2.96. The number of hydrogen-bond acceptors (Lipinski definition) is 5. The van der Waals surface area contributed by atoms with Crippen LogP contribution < -0.4 is 10.3 Å². The molecule has 4 nitrogen and oxygen atoms in total. The van der Waals surface area contributed by atoms with Gasteiger partial charge in [-0.2, -0.15) is 4.83 Å². The first kappa shape index (κ1) is 20.3. The van der Waals surface area contributed by atoms with Gasteiger partial charge < -0.3 is 5.43 Å². The second-order valence-corrected chi connectivity index (χ2v) is 11.1. The van der Waals surface area contributed by atoms with Crippen molar-refractivity contribution in [2.24, 2.45) is 0 Å². The van der Waals surface area contributed by atoms with Crippen molar-refractivity contribution in [2.45, 2.75) is 64.0 Å². The predicted molar refractivity (Wildman–Crippen MR) is 109 cm³/mol. The Morgan fingerprint density at radius 3 is 2.20 bits per heavy atom. The van der Waals surface area contributed by atoms with Crippen LogP contribution in [0.15, 0.2) is 29.7 Å². The Labute approximate surface area is 156 Å². The summed E-state index contributed by atoms with van der Waals surface area (Å²) in [4.78, 5) is 3.00. The fourth-order valence-electron chi connectivity index (χ4n) is 2.65. The van der Waals surface area contributed by atoms with Gasteiger partial charge in [-0.3, -0.25) is 0 Å². The molecule has 1 aliphatic heterocycles. The molecule has 0 radical (unpaired) electrons. The summed E-state index contributed by atoms with van der Waals surface area (Å²) < 4.78 is 23.4. The van der Waals surface area contributed by atoms with Crippen LogP contribution >= 0.6 is 11.9 Å². The Hall–Kier alpha value is -0.980. The first-order valence-corrected chi connectivity index (χ1v) is 11.5. The van der Waals surface area contributed by atoms with Gasteiger partial charge in [0.2, 0.25) is 0 Å². The summed E-state index contributed by atoms with van der Waals surface area (Å²) in [6, 6.07) is 8.69. The SMILES string of the molecule is CC(C)(C)S(=O)(=O)CCCCCCCc1ccc(C2=CSNN2)cc1. The van der Waals surface area contributed by atoms with Crippen molar-refractivity contribution in [2.75, 3.05) is 5.75 Å². The molecule has 0 aromatic heterocycles. The molecule has 0 amide bonds. The van der Waals surface area contributed by atoms with Gasteiger partial charge in [-0.25, -0.2) is 8.42 Å². The number of hydrazine groups is 1. The average Bonchev–Trinajstić information content (AvgIpc) is 3.08. The van der Waals surface area contributed by atoms with E-state index < -0.39 is 14.6 Å². The number of unbranched alkanes of at least 4 members (excludes halogenated alkanes) is 4. The van der Waals surface area contributed by atoms with Crippen molar-refractivity contribution in [3.63, 3.8) is 0 Å². The number of benzene rings is 1. The van der Waals surface area contributed by atoms with Gasteiger partial charge in [-0.05, 0) is 63.1 Å². The van der Waals surface area contributed by atoms with Gasteiger partial charge in [0.15, 0.2) is 9.84 Å². The third kappa shape index (κ3) is 6.35. The summed E-state index contributed by atoms with van der Waals surface area (Å²) in [6.45, 7) is 5.34. The van der Waals surface area contributed by atoms with Gasteiger partial charge >= 0.3 is 0 Å². The number of sulfone groups is 1. The first-order valence-electron chi connectivity index (χ1n) is 8.98. The molecule has 0 spiro atoms. The molecule has 2 N–H and O–H groups in total. The fraction of sp³-hybridized carbons (Fsp3) is 0.579. The Balaban J connectivity index is 1.60. The number of aryl methyl sites for hydroxylation is 1. The van der Waals surface area contributed by atoms with E-state index in [0.717, 1.165) is 44.2 Å². The van der Waals surface area contributed by atoms with E-state index in [1.54, 1.807) is 32.7 Å². The molecule has 2 rings (SSSR count). The van der Waals surface area contributed by atoms with Crippen molar-refractivity contribution in [1.29, 1.82) is 0 Å². The van der Waals surface area contributed by atoms with Crippen LogP contribution in [0.25, 0.3) is 5.70 Å². The van der Waals surface area contributed by atoms with Gasteiger partial charge in [-0.1, -0.05) is 43.5 Å². The van der Waals surface area contributed by atoms with E-state index in [-0.39, 0.29) is 0 Å². The van der Waals surface area contributed by atoms with E-state index in [9.17, 15) is 8.42 Å². The van der Waals surface area contributed by atoms with Gasteiger partial charge in [0.25, 0.3) is 0 Å². The summed E-state index contributed by atoms with van der Waals surface area (Å²) in [5.74, 6) is 0.314. The van der Waals surface area contributed by atoms with Gasteiger partial charge in [0.05, 0.1) is 16.2 Å². The Kier molecular flexibility index (Phi) is 7.40. The van der Waals surface area contributed by atoms with E-state index in [1.165, 1.54) is 11.1 Å². The van der Waals surface area contributed by atoms with Crippen LogP contribution in [-0.4, -0.2) is 18.9 Å². The molecule has 0 unspecified atom stereocenters. The molecular weight excluding hydrogens is 352 g/mol. The molecule has 6 heteroatoms. The van der Waals surface area contributed by atoms with Crippen LogP contribution in [0.1, 0.15) is 64.0 Å². The first-order chi connectivity index (χ1) is 11.8. The van der Waals surface area contributed by atoms with Crippen molar-refractivity contribution in [3.05, 3.63) is 40.8 Å². The van der Waals surface area contributed by atoms with Crippen LogP contribution in [0.5, 0.6) is 0 Å². The molecular formula is C19H30N2O2S2. The lowest BCUT2D eigenvalue weighted by molar-refractivity contribution is 0.552. The Bertz CT molecular complexity index is 674. The third-order valence-corrected chi connectivity index (χ3v) is 7.76. The second kappa shape index (κ2) is 9.10. The summed E-state index contributed by atoms with van der Waals surface area (Å²) >= 11 is 1.55. The number of nitrogens with one attached hydrogen (secondary N) is 2. The highest BCUT2D eigenvalue weighted by Crippen LogP contribution is 2.20. The Morgan fingerprint density at radius 1 is 0.960 bits per heavy atom. The highest BCUT2D eigenvalue weighted by molar-refractivity contribution is 8.00. The smallest absolute Gasteiger partial charge is 0.155 e. The second-order valence-electron chi connectivity index (χ2n) is 7.52. The monoisotopic (exact) mass is 382 g/mol. The molecule has 0 bridgehead atoms. The summed E-state index contributed by atoms with van der Waals surface area (Å²) in [6.07, 6.45) is 6.28. The minimum Gasteiger partial charge on any atom is -0.310 e. The van der Waals surface area contributed by atoms with Gasteiger partial charge in [0.1, 0.15) is 0 Å². The van der Waals surface area contributed by atoms with E-state index in [1.807, 2.05) is 0 Å². The zero-order chi connectivity index (χ0) is 18.3. The zero-order valence-electron chi connectivity index (χ0n) is 15.5. The molecule has 0 saturated heterocycles. The summed E-state index contributed by atoms with van der Waals surface area (Å²) in [5, 5.41) is 2.06. The highest BCUT2D eigenvalue weighted by atomic mass is 32.2. The molecule has 1 aromatic carbocycles. The molecule has 0 saturated carbocycles. The Morgan fingerprint density at radius 2 is 1.60 bits per heavy atom. The average molecular weight is 383 g/mol. The molecule has 1 aromatic rings. The molecule has 25 heavy (non-hydrogen) atoms. The van der Waals surface area contributed by atoms with Crippen LogP contribution in [0.3, 0.4) is 0 Å². The quantitative estimate of drug-likeness (QED) is 0.488. The lowest BCUT2D eigenvalue weighted by Gasteiger charge is -2.18. The largest absolute Gasteiger partial charge is 0.310 e. The molecule has 1 heterocycles. The van der Waals surface area contributed by atoms with Crippen LogP contribution in [-0.2, 0) is 16.3 Å². The summed E-state index contributed by atoms with van der Waals surface area (Å²) in [7, 11) is -2.96. The highest BCUT2D eigenvalue weighted by Gasteiger charge is 2.27. The van der Waals surface area contributed by atoms with E-state index in [2.05, 4.69) is 39.9 Å². The number of rotatable bonds is 9. The van der Waals surface area contributed by atoms with Crippen LogP contribution in [0.2, 0.25) is 0 Å². The molecule has 0 fully saturated rings. The number of hydrogen-bond donors (Lipinski definition) is 2. The lowest BCUT2D eigenvalue weighted by Crippen LogP contribution is -2.30. The van der Waals surface area contributed by atoms with E-state index >= 15 is 0 Å². The maximum atomic E-state index is 12.0. The third-order valence-electron chi connectivity index (χ3n) is 4.50. The van der Waals surface area contributed by atoms with Gasteiger partial charge in [0, 0.05) is 5.41 Å². The van der Waals surface area contributed by atoms with Crippen molar-refractivity contribution in [3.8, 4) is 0 Å². The molecule has 140 valence electrons. The topological polar surface area (TPSA) is 58.2 Å². The standard InChI is InChI=1S/C19H30N2O2S2/c1-19(2,3)25(22,23)14-8-6-4-5-7-9-16-10-12-17(13-11-16)18-15-24-21-20-18/h10-13,15,20-21H,4-9,14H2,1-3H3. The van der Waals surface area contributed by atoms with Crippen molar-refractivity contribution < 1.29 is 8.42 Å². The zero-order valence-corrected chi connectivity index (χ0v) is 17.1. The predicted octanol–water partition coefficient (Wildman–Crippen LogP) is 4.45. The molecule has 0 aliphatic carbocycles. The molecule has 1 aliphatic rings. The van der Waals surface area contributed by atoms with Crippen LogP contribution in [0.4, 0.5) is 0 Å².